The Balaban J connectivity index is 1.89. The van der Waals surface area contributed by atoms with E-state index >= 15 is 0 Å². The van der Waals surface area contributed by atoms with Gasteiger partial charge < -0.3 is 4.90 Å². The number of rotatable bonds is 7. The van der Waals surface area contributed by atoms with Gasteiger partial charge in [-0.15, -0.1) is 0 Å². The fraction of sp³-hybridized carbons (Fsp3) is 0.688. The number of hydrogen-bond donors (Lipinski definition) is 0. The molecule has 0 aromatic carbocycles. The van der Waals surface area contributed by atoms with Crippen molar-refractivity contribution in [2.24, 2.45) is 0 Å². The molecule has 2 heterocycles. The van der Waals surface area contributed by atoms with Crippen molar-refractivity contribution in [1.29, 1.82) is 10.5 Å². The third-order valence-corrected chi connectivity index (χ3v) is 4.33. The van der Waals surface area contributed by atoms with Gasteiger partial charge in [-0.25, -0.2) is 9.67 Å². The second-order valence-corrected chi connectivity index (χ2v) is 6.04. The summed E-state index contributed by atoms with van der Waals surface area (Å²) < 4.78 is 1.93. The molecule has 1 atom stereocenters. The summed E-state index contributed by atoms with van der Waals surface area (Å²) in [6, 6.07) is 4.21. The number of likely N-dealkylation sites (tertiary alicyclic amines) is 1. The second-order valence-electron chi connectivity index (χ2n) is 6.04. The smallest absolute Gasteiger partial charge is 0.225 e. The Hall–Kier alpha value is -2.45. The van der Waals surface area contributed by atoms with Crippen molar-refractivity contribution in [3.05, 3.63) is 11.6 Å². The molecule has 1 aromatic heterocycles. The van der Waals surface area contributed by atoms with E-state index in [9.17, 15) is 4.79 Å². The van der Waals surface area contributed by atoms with E-state index in [4.69, 9.17) is 10.5 Å². The Morgan fingerprint density at radius 1 is 1.33 bits per heavy atom. The summed E-state index contributed by atoms with van der Waals surface area (Å²) in [6.45, 7) is 6.14. The normalized spacial score (nSPS) is 17.4. The Bertz CT molecular complexity index is 638. The molecule has 0 bridgehead atoms. The lowest BCUT2D eigenvalue weighted by Crippen LogP contribution is -2.38. The van der Waals surface area contributed by atoms with Crippen LogP contribution >= 0.6 is 0 Å². The maximum absolute atomic E-state index is 12.2. The van der Waals surface area contributed by atoms with E-state index in [0.717, 1.165) is 37.6 Å². The molecular formula is C16H23N7O. The van der Waals surface area contributed by atoms with Gasteiger partial charge in [-0.1, -0.05) is 0 Å². The minimum absolute atomic E-state index is 0.0345. The molecule has 1 fully saturated rings. The van der Waals surface area contributed by atoms with Crippen LogP contribution in [0.25, 0.3) is 0 Å². The standard InChI is InChI=1S/C16H23N7O/c1-13-19-14(2)23(20-13)12-15-4-3-8-21(15)9-5-16(24)22(10-6-17)11-7-18/h15H,3-5,8-12H2,1-2H3. The highest BCUT2D eigenvalue weighted by atomic mass is 16.2. The van der Waals surface area contributed by atoms with Gasteiger partial charge in [-0.05, 0) is 33.2 Å². The number of aromatic nitrogens is 3. The van der Waals surface area contributed by atoms with Crippen molar-refractivity contribution < 1.29 is 4.79 Å². The number of aryl methyl sites for hydroxylation is 2. The first-order valence-corrected chi connectivity index (χ1v) is 8.19. The predicted octanol–water partition coefficient (Wildman–Crippen LogP) is 0.625. The first-order chi connectivity index (χ1) is 11.5. The topological polar surface area (TPSA) is 102 Å². The molecule has 128 valence electrons. The molecule has 1 amide bonds. The Morgan fingerprint density at radius 3 is 2.62 bits per heavy atom. The van der Waals surface area contributed by atoms with Crippen molar-refractivity contribution in [2.75, 3.05) is 26.2 Å². The van der Waals surface area contributed by atoms with E-state index in [2.05, 4.69) is 15.0 Å². The molecule has 0 N–H and O–H groups in total. The summed E-state index contributed by atoms with van der Waals surface area (Å²) in [6.07, 6.45) is 2.51. The molecule has 1 unspecified atom stereocenters. The zero-order chi connectivity index (χ0) is 17.5. The van der Waals surface area contributed by atoms with Crippen molar-refractivity contribution in [3.8, 4) is 12.1 Å². The molecule has 8 heteroatoms. The van der Waals surface area contributed by atoms with Crippen LogP contribution in [-0.4, -0.2) is 62.7 Å². The third-order valence-electron chi connectivity index (χ3n) is 4.33. The van der Waals surface area contributed by atoms with Crippen molar-refractivity contribution >= 4 is 5.91 Å². The van der Waals surface area contributed by atoms with Crippen LogP contribution in [0.15, 0.2) is 0 Å². The maximum atomic E-state index is 12.2. The van der Waals surface area contributed by atoms with Gasteiger partial charge in [0.05, 0.1) is 18.7 Å². The fourth-order valence-electron chi connectivity index (χ4n) is 3.13. The molecule has 1 aliphatic heterocycles. The highest BCUT2D eigenvalue weighted by Crippen LogP contribution is 2.19. The van der Waals surface area contributed by atoms with Gasteiger partial charge in [0.1, 0.15) is 24.7 Å². The molecular weight excluding hydrogens is 306 g/mol. The van der Waals surface area contributed by atoms with E-state index in [1.54, 1.807) is 0 Å². The first-order valence-electron chi connectivity index (χ1n) is 8.19. The minimum atomic E-state index is -0.142. The zero-order valence-corrected chi connectivity index (χ0v) is 14.3. The van der Waals surface area contributed by atoms with Gasteiger partial charge >= 0.3 is 0 Å². The third kappa shape index (κ3) is 4.53. The van der Waals surface area contributed by atoms with Gasteiger partial charge in [0.2, 0.25) is 5.91 Å². The molecule has 24 heavy (non-hydrogen) atoms. The first kappa shape index (κ1) is 17.9. The maximum Gasteiger partial charge on any atom is 0.225 e. The van der Waals surface area contributed by atoms with E-state index in [1.807, 2.05) is 30.7 Å². The molecule has 2 rings (SSSR count). The summed E-state index contributed by atoms with van der Waals surface area (Å²) in [5.74, 6) is 1.54. The molecule has 8 nitrogen and oxygen atoms in total. The van der Waals surface area contributed by atoms with Crippen LogP contribution in [0, 0.1) is 36.5 Å². The number of amides is 1. The monoisotopic (exact) mass is 329 g/mol. The number of nitrogens with zero attached hydrogens (tertiary/aromatic N) is 7. The zero-order valence-electron chi connectivity index (χ0n) is 14.3. The molecule has 0 aliphatic carbocycles. The lowest BCUT2D eigenvalue weighted by molar-refractivity contribution is -0.130. The lowest BCUT2D eigenvalue weighted by Gasteiger charge is -2.25. The van der Waals surface area contributed by atoms with E-state index in [-0.39, 0.29) is 19.0 Å². The number of nitriles is 2. The van der Waals surface area contributed by atoms with Gasteiger partial charge in [0.25, 0.3) is 0 Å². The summed E-state index contributed by atoms with van der Waals surface area (Å²) >= 11 is 0. The SMILES string of the molecule is Cc1nc(C)n(CC2CCCN2CCC(=O)N(CC#N)CC#N)n1. The number of carbonyl (C=O) groups excluding carboxylic acids is 1. The highest BCUT2D eigenvalue weighted by molar-refractivity contribution is 5.76. The van der Waals surface area contributed by atoms with E-state index in [1.165, 1.54) is 4.90 Å². The van der Waals surface area contributed by atoms with Crippen LogP contribution in [0.4, 0.5) is 0 Å². The van der Waals surface area contributed by atoms with Gasteiger partial charge in [-0.2, -0.15) is 15.6 Å². The van der Waals surface area contributed by atoms with Gasteiger partial charge in [0.15, 0.2) is 0 Å². The van der Waals surface area contributed by atoms with Crippen LogP contribution in [0.2, 0.25) is 0 Å². The summed E-state index contributed by atoms with van der Waals surface area (Å²) in [5, 5.41) is 21.9. The summed E-state index contributed by atoms with van der Waals surface area (Å²) in [7, 11) is 0. The molecule has 0 spiro atoms. The Labute approximate surface area is 142 Å². The average Bonchev–Trinajstić information content (AvgIpc) is 3.11. The largest absolute Gasteiger partial charge is 0.316 e. The van der Waals surface area contributed by atoms with Crippen LogP contribution in [-0.2, 0) is 11.3 Å². The molecule has 0 saturated carbocycles. The number of hydrogen-bond acceptors (Lipinski definition) is 6. The molecule has 1 saturated heterocycles. The van der Waals surface area contributed by atoms with Crippen molar-refractivity contribution in [3.63, 3.8) is 0 Å². The Morgan fingerprint density at radius 2 is 2.04 bits per heavy atom. The predicted molar refractivity (Wildman–Crippen MR) is 86.5 cm³/mol. The molecule has 0 radical (unpaired) electrons. The van der Waals surface area contributed by atoms with Gasteiger partial charge in [-0.3, -0.25) is 9.69 Å². The van der Waals surface area contributed by atoms with Crippen LogP contribution in [0.1, 0.15) is 30.9 Å². The van der Waals surface area contributed by atoms with Crippen LogP contribution < -0.4 is 0 Å². The fourth-order valence-corrected chi connectivity index (χ4v) is 3.13. The van der Waals surface area contributed by atoms with Crippen molar-refractivity contribution in [2.45, 2.75) is 45.7 Å². The van der Waals surface area contributed by atoms with Crippen LogP contribution in [0.3, 0.4) is 0 Å². The molecule has 1 aliphatic rings. The van der Waals surface area contributed by atoms with E-state index in [0.29, 0.717) is 19.0 Å². The van der Waals surface area contributed by atoms with Crippen molar-refractivity contribution in [1.82, 2.24) is 24.6 Å². The summed E-state index contributed by atoms with van der Waals surface area (Å²) in [5.41, 5.74) is 0. The summed E-state index contributed by atoms with van der Waals surface area (Å²) in [4.78, 5) is 20.1. The average molecular weight is 329 g/mol. The highest BCUT2D eigenvalue weighted by Gasteiger charge is 2.26. The minimum Gasteiger partial charge on any atom is -0.316 e. The quantitative estimate of drug-likeness (QED) is 0.680. The Kier molecular flexibility index (Phi) is 6.28. The van der Waals surface area contributed by atoms with Crippen LogP contribution in [0.5, 0.6) is 0 Å². The lowest BCUT2D eigenvalue weighted by atomic mass is 10.2. The number of carbonyl (C=O) groups is 1. The van der Waals surface area contributed by atoms with E-state index < -0.39 is 0 Å². The van der Waals surface area contributed by atoms with Gasteiger partial charge in [0, 0.05) is 19.0 Å². The second kappa shape index (κ2) is 8.42. The molecule has 1 aromatic rings.